The second-order valence-corrected chi connectivity index (χ2v) is 10.2. The molecule has 0 aromatic heterocycles. The highest BCUT2D eigenvalue weighted by Gasteiger charge is 2.29. The van der Waals surface area contributed by atoms with E-state index in [-0.39, 0.29) is 28.8 Å². The van der Waals surface area contributed by atoms with Crippen LogP contribution in [0.5, 0.6) is 0 Å². The van der Waals surface area contributed by atoms with E-state index in [4.69, 9.17) is 0 Å². The maximum absolute atomic E-state index is 13.8. The Bertz CT molecular complexity index is 1150. The third kappa shape index (κ3) is 5.34. The molecule has 3 rings (SSSR count). The van der Waals surface area contributed by atoms with E-state index in [1.165, 1.54) is 19.1 Å². The monoisotopic (exact) mass is 461 g/mol. The molecule has 0 unspecified atom stereocenters. The predicted molar refractivity (Wildman–Crippen MR) is 122 cm³/mol. The molecular formula is C23H28FN3O4S. The van der Waals surface area contributed by atoms with Gasteiger partial charge in [-0.05, 0) is 67.1 Å². The van der Waals surface area contributed by atoms with Crippen molar-refractivity contribution in [1.82, 2.24) is 4.72 Å². The highest BCUT2D eigenvalue weighted by Crippen LogP contribution is 2.30. The van der Waals surface area contributed by atoms with Gasteiger partial charge in [-0.2, -0.15) is 4.72 Å². The Labute approximate surface area is 188 Å². The van der Waals surface area contributed by atoms with Gasteiger partial charge < -0.3 is 10.2 Å². The van der Waals surface area contributed by atoms with Gasteiger partial charge >= 0.3 is 0 Å². The number of halogens is 1. The molecule has 2 aromatic carbocycles. The number of amides is 2. The number of carbonyl (C=O) groups excluding carboxylic acids is 2. The van der Waals surface area contributed by atoms with E-state index in [9.17, 15) is 22.4 Å². The van der Waals surface area contributed by atoms with E-state index in [0.717, 1.165) is 5.56 Å². The first kappa shape index (κ1) is 23.9. The molecule has 0 saturated heterocycles. The lowest BCUT2D eigenvalue weighted by Gasteiger charge is -2.21. The highest BCUT2D eigenvalue weighted by molar-refractivity contribution is 7.89. The minimum atomic E-state index is -4.00. The van der Waals surface area contributed by atoms with E-state index in [1.54, 1.807) is 36.1 Å². The van der Waals surface area contributed by atoms with Crippen molar-refractivity contribution < 1.29 is 22.4 Å². The molecule has 0 saturated carbocycles. The lowest BCUT2D eigenvalue weighted by molar-refractivity contribution is -0.118. The van der Waals surface area contributed by atoms with Gasteiger partial charge in [0.2, 0.25) is 21.8 Å². The number of nitrogens with one attached hydrogen (secondary N) is 2. The summed E-state index contributed by atoms with van der Waals surface area (Å²) in [5, 5.41) is 2.60. The van der Waals surface area contributed by atoms with Crippen LogP contribution in [0.15, 0.2) is 41.3 Å². The molecule has 0 fully saturated rings. The molecule has 1 aliphatic rings. The molecule has 1 heterocycles. The number of fused-ring (bicyclic) bond motifs is 1. The Morgan fingerprint density at radius 2 is 1.88 bits per heavy atom. The van der Waals surface area contributed by atoms with Crippen LogP contribution in [-0.4, -0.2) is 32.8 Å². The average Bonchev–Trinajstić information content (AvgIpc) is 3.13. The van der Waals surface area contributed by atoms with Crippen molar-refractivity contribution in [1.29, 1.82) is 0 Å². The molecule has 2 N–H and O–H groups in total. The fraction of sp³-hybridized carbons (Fsp3) is 0.391. The number of anilines is 2. The number of benzene rings is 2. The number of aryl methyl sites for hydroxylation is 1. The topological polar surface area (TPSA) is 95.6 Å². The summed E-state index contributed by atoms with van der Waals surface area (Å²) in [5.74, 6) is -1.08. The van der Waals surface area contributed by atoms with E-state index in [0.29, 0.717) is 24.2 Å². The lowest BCUT2D eigenvalue weighted by atomic mass is 10.0. The van der Waals surface area contributed by atoms with Crippen molar-refractivity contribution in [2.24, 2.45) is 5.92 Å². The van der Waals surface area contributed by atoms with E-state index in [2.05, 4.69) is 10.0 Å². The summed E-state index contributed by atoms with van der Waals surface area (Å²) in [6.07, 6.45) is 0.829. The first-order valence-electron chi connectivity index (χ1n) is 10.5. The number of hydrogen-bond donors (Lipinski definition) is 2. The van der Waals surface area contributed by atoms with Crippen molar-refractivity contribution in [3.63, 3.8) is 0 Å². The molecule has 1 atom stereocenters. The van der Waals surface area contributed by atoms with Crippen LogP contribution in [0.4, 0.5) is 15.8 Å². The van der Waals surface area contributed by atoms with Gasteiger partial charge in [-0.15, -0.1) is 0 Å². The zero-order valence-electron chi connectivity index (χ0n) is 18.6. The molecule has 2 amide bonds. The van der Waals surface area contributed by atoms with Gasteiger partial charge in [0.25, 0.3) is 0 Å². The normalized spacial score (nSPS) is 14.4. The first-order valence-corrected chi connectivity index (χ1v) is 12.0. The van der Waals surface area contributed by atoms with Gasteiger partial charge in [0.1, 0.15) is 11.9 Å². The van der Waals surface area contributed by atoms with Crippen molar-refractivity contribution in [3.05, 3.63) is 53.3 Å². The van der Waals surface area contributed by atoms with E-state index in [1.807, 2.05) is 13.8 Å². The van der Waals surface area contributed by atoms with Gasteiger partial charge in [0, 0.05) is 24.8 Å². The number of nitrogens with zero attached hydrogens (tertiary/aromatic N) is 1. The van der Waals surface area contributed by atoms with Crippen LogP contribution in [0.25, 0.3) is 0 Å². The lowest BCUT2D eigenvalue weighted by Crippen LogP contribution is -2.44. The Morgan fingerprint density at radius 1 is 1.16 bits per heavy atom. The fourth-order valence-electron chi connectivity index (χ4n) is 3.71. The minimum absolute atomic E-state index is 0.0320. The zero-order chi connectivity index (χ0) is 23.6. The second kappa shape index (κ2) is 9.38. The van der Waals surface area contributed by atoms with E-state index < -0.39 is 27.8 Å². The second-order valence-electron chi connectivity index (χ2n) is 8.47. The van der Waals surface area contributed by atoms with Crippen LogP contribution in [0.3, 0.4) is 0 Å². The van der Waals surface area contributed by atoms with Gasteiger partial charge in [-0.1, -0.05) is 19.9 Å². The molecule has 0 radical (unpaired) electrons. The smallest absolute Gasteiger partial charge is 0.242 e. The molecule has 7 nitrogen and oxygen atoms in total. The Hall–Kier alpha value is -2.78. The molecule has 0 spiro atoms. The van der Waals surface area contributed by atoms with Crippen LogP contribution >= 0.6 is 0 Å². The average molecular weight is 462 g/mol. The summed E-state index contributed by atoms with van der Waals surface area (Å²) in [7, 11) is -4.00. The number of sulfonamides is 1. The maximum Gasteiger partial charge on any atom is 0.242 e. The third-order valence-electron chi connectivity index (χ3n) is 5.40. The highest BCUT2D eigenvalue weighted by atomic mass is 32.2. The summed E-state index contributed by atoms with van der Waals surface area (Å²) in [5.41, 5.74) is 2.17. The SMILES string of the molecule is CC(=O)N1CCc2cc(S(=O)(=O)N[C@@H](CC(C)C)C(=O)Nc3ccc(C)c(F)c3)ccc21. The van der Waals surface area contributed by atoms with Gasteiger partial charge in [0.05, 0.1) is 4.90 Å². The fourth-order valence-corrected chi connectivity index (χ4v) is 4.97. The van der Waals surface area contributed by atoms with Crippen LogP contribution in [0, 0.1) is 18.7 Å². The summed E-state index contributed by atoms with van der Waals surface area (Å²) in [4.78, 5) is 26.2. The first-order chi connectivity index (χ1) is 15.0. The van der Waals surface area contributed by atoms with Crippen LogP contribution in [-0.2, 0) is 26.0 Å². The van der Waals surface area contributed by atoms with Crippen molar-refractivity contribution >= 4 is 33.2 Å². The third-order valence-corrected chi connectivity index (χ3v) is 6.87. The summed E-state index contributed by atoms with van der Waals surface area (Å²) >= 11 is 0. The molecule has 0 bridgehead atoms. The standard InChI is InChI=1S/C23H28FN3O4S/c1-14(2)11-21(23(29)25-18-6-5-15(3)20(24)13-18)26-32(30,31)19-7-8-22-17(12-19)9-10-27(22)16(4)28/h5-8,12-14,21,26H,9-11H2,1-4H3,(H,25,29)/t21-/m0/s1. The van der Waals surface area contributed by atoms with Crippen LogP contribution in [0.1, 0.15) is 38.3 Å². The summed E-state index contributed by atoms with van der Waals surface area (Å²) in [6, 6.07) is 7.87. The largest absolute Gasteiger partial charge is 0.325 e. The molecular weight excluding hydrogens is 433 g/mol. The van der Waals surface area contributed by atoms with Crippen LogP contribution in [0.2, 0.25) is 0 Å². The minimum Gasteiger partial charge on any atom is -0.325 e. The number of carbonyl (C=O) groups is 2. The predicted octanol–water partition coefficient (Wildman–Crippen LogP) is 3.37. The van der Waals surface area contributed by atoms with Crippen LogP contribution < -0.4 is 14.9 Å². The zero-order valence-corrected chi connectivity index (χ0v) is 19.4. The number of rotatable bonds is 7. The Kier molecular flexibility index (Phi) is 7.00. The maximum atomic E-state index is 13.8. The summed E-state index contributed by atoms with van der Waals surface area (Å²) < 4.78 is 42.5. The van der Waals surface area contributed by atoms with Gasteiger partial charge in [-0.25, -0.2) is 12.8 Å². The molecule has 1 aliphatic heterocycles. The Morgan fingerprint density at radius 3 is 2.50 bits per heavy atom. The van der Waals surface area contributed by atoms with Crippen molar-refractivity contribution in [2.45, 2.75) is 51.5 Å². The van der Waals surface area contributed by atoms with Gasteiger partial charge in [-0.3, -0.25) is 9.59 Å². The van der Waals surface area contributed by atoms with E-state index >= 15 is 0 Å². The molecule has 32 heavy (non-hydrogen) atoms. The molecule has 172 valence electrons. The number of hydrogen-bond acceptors (Lipinski definition) is 4. The Balaban J connectivity index is 1.82. The van der Waals surface area contributed by atoms with Crippen molar-refractivity contribution in [2.75, 3.05) is 16.8 Å². The molecule has 0 aliphatic carbocycles. The molecule has 2 aromatic rings. The summed E-state index contributed by atoms with van der Waals surface area (Å²) in [6.45, 7) is 7.35. The van der Waals surface area contributed by atoms with Crippen molar-refractivity contribution in [3.8, 4) is 0 Å². The molecule has 9 heteroatoms. The quantitative estimate of drug-likeness (QED) is 0.661. The van der Waals surface area contributed by atoms with Gasteiger partial charge in [0.15, 0.2) is 0 Å².